The molecule has 27 heavy (non-hydrogen) atoms. The minimum atomic E-state index is -0.884. The molecule has 0 aliphatic heterocycles. The second kappa shape index (κ2) is 10.5. The Bertz CT molecular complexity index is 775. The van der Waals surface area contributed by atoms with Gasteiger partial charge in [0.05, 0.1) is 5.69 Å². The second-order valence-corrected chi connectivity index (χ2v) is 6.60. The van der Waals surface area contributed by atoms with Crippen molar-refractivity contribution in [2.75, 3.05) is 23.9 Å². The lowest BCUT2D eigenvalue weighted by molar-refractivity contribution is -0.127. The Hall–Kier alpha value is -2.61. The highest BCUT2D eigenvalue weighted by atomic mass is 32.2. The molecule has 2 rings (SSSR count). The average molecular weight is 394 g/mol. The molecule has 0 aliphatic rings. The maximum Gasteiger partial charge on any atom is 0.258 e. The van der Waals surface area contributed by atoms with Gasteiger partial charge >= 0.3 is 0 Å². The molecule has 0 radical (unpaired) electrons. The van der Waals surface area contributed by atoms with E-state index in [1.807, 2.05) is 12.3 Å². The monoisotopic (exact) mass is 394 g/mol. The maximum atomic E-state index is 13.7. The molecule has 0 aromatic heterocycles. The number of hydrogen-bond donors (Lipinski definition) is 2. The number of halogens is 2. The Morgan fingerprint density at radius 1 is 1.15 bits per heavy atom. The predicted octanol–water partition coefficient (Wildman–Crippen LogP) is 3.22. The van der Waals surface area contributed by atoms with Gasteiger partial charge in [-0.3, -0.25) is 9.59 Å². The number of nitrogens with one attached hydrogen (secondary N) is 2. The largest absolute Gasteiger partial charge is 0.484 e. The molecule has 0 aliphatic carbocycles. The lowest BCUT2D eigenvalue weighted by Crippen LogP contribution is -2.46. The van der Waals surface area contributed by atoms with E-state index in [1.165, 1.54) is 11.8 Å². The fourth-order valence-electron chi connectivity index (χ4n) is 2.22. The molecule has 144 valence electrons. The molecule has 1 unspecified atom stereocenters. The summed E-state index contributed by atoms with van der Waals surface area (Å²) in [6.07, 6.45) is 2.22. The van der Waals surface area contributed by atoms with E-state index < -0.39 is 29.5 Å². The van der Waals surface area contributed by atoms with Crippen molar-refractivity contribution in [2.24, 2.45) is 0 Å². The summed E-state index contributed by atoms with van der Waals surface area (Å²) in [7, 11) is 0. The standard InChI is InChI=1S/C19H20F2N2O3S/c1-27-10-9-17(19(25)23-16-8-7-13(20)11-15(16)21)22-18(24)12-26-14-5-3-2-4-6-14/h2-8,11,17H,9-10,12H2,1H3,(H,22,24)(H,23,25). The van der Waals surface area contributed by atoms with Crippen LogP contribution in [0.4, 0.5) is 14.5 Å². The molecule has 0 fully saturated rings. The number of para-hydroxylation sites is 1. The van der Waals surface area contributed by atoms with Gasteiger partial charge in [0.1, 0.15) is 23.4 Å². The topological polar surface area (TPSA) is 67.4 Å². The van der Waals surface area contributed by atoms with Gasteiger partial charge in [0.25, 0.3) is 5.91 Å². The van der Waals surface area contributed by atoms with Gasteiger partial charge in [0, 0.05) is 6.07 Å². The highest BCUT2D eigenvalue weighted by molar-refractivity contribution is 7.98. The highest BCUT2D eigenvalue weighted by Crippen LogP contribution is 2.16. The first-order valence-electron chi connectivity index (χ1n) is 8.21. The fraction of sp³-hybridized carbons (Fsp3) is 0.263. The van der Waals surface area contributed by atoms with E-state index in [0.29, 0.717) is 24.0 Å². The lowest BCUT2D eigenvalue weighted by atomic mass is 10.2. The molecule has 0 heterocycles. The summed E-state index contributed by atoms with van der Waals surface area (Å²) in [5.74, 6) is -1.53. The fourth-order valence-corrected chi connectivity index (χ4v) is 2.69. The summed E-state index contributed by atoms with van der Waals surface area (Å²) < 4.78 is 32.1. The van der Waals surface area contributed by atoms with E-state index >= 15 is 0 Å². The average Bonchev–Trinajstić information content (AvgIpc) is 2.66. The highest BCUT2D eigenvalue weighted by Gasteiger charge is 2.22. The first kappa shape index (κ1) is 20.7. The Kier molecular flexibility index (Phi) is 8.06. The zero-order valence-corrected chi connectivity index (χ0v) is 15.5. The van der Waals surface area contributed by atoms with Gasteiger partial charge in [-0.15, -0.1) is 0 Å². The number of carbonyl (C=O) groups is 2. The van der Waals surface area contributed by atoms with Crippen molar-refractivity contribution in [1.29, 1.82) is 0 Å². The summed E-state index contributed by atoms with van der Waals surface area (Å²) in [5.41, 5.74) is -0.148. The smallest absolute Gasteiger partial charge is 0.258 e. The predicted molar refractivity (Wildman–Crippen MR) is 102 cm³/mol. The molecule has 1 atom stereocenters. The molecule has 0 bridgehead atoms. The van der Waals surface area contributed by atoms with Crippen LogP contribution in [0.1, 0.15) is 6.42 Å². The van der Waals surface area contributed by atoms with Crippen molar-refractivity contribution < 1.29 is 23.1 Å². The molecule has 8 heteroatoms. The quantitative estimate of drug-likeness (QED) is 0.685. The summed E-state index contributed by atoms with van der Waals surface area (Å²) in [6, 6.07) is 10.8. The molecule has 2 aromatic rings. The van der Waals surface area contributed by atoms with Crippen LogP contribution < -0.4 is 15.4 Å². The SMILES string of the molecule is CSCCC(NC(=O)COc1ccccc1)C(=O)Nc1ccc(F)cc1F. The van der Waals surface area contributed by atoms with Gasteiger partial charge in [-0.1, -0.05) is 18.2 Å². The minimum absolute atomic E-state index is 0.148. The summed E-state index contributed by atoms with van der Waals surface area (Å²) in [4.78, 5) is 24.5. The van der Waals surface area contributed by atoms with Gasteiger partial charge < -0.3 is 15.4 Å². The zero-order valence-electron chi connectivity index (χ0n) is 14.7. The van der Waals surface area contributed by atoms with Crippen LogP contribution in [-0.4, -0.2) is 36.5 Å². The molecular formula is C19H20F2N2O3S. The molecule has 0 saturated carbocycles. The third-order valence-corrected chi connectivity index (χ3v) is 4.21. The molecule has 2 N–H and O–H groups in total. The van der Waals surface area contributed by atoms with Crippen LogP contribution in [0.5, 0.6) is 5.75 Å². The van der Waals surface area contributed by atoms with Crippen LogP contribution >= 0.6 is 11.8 Å². The molecule has 0 spiro atoms. The van der Waals surface area contributed by atoms with Crippen LogP contribution in [-0.2, 0) is 9.59 Å². The van der Waals surface area contributed by atoms with Crippen LogP contribution in [0.15, 0.2) is 48.5 Å². The number of amides is 2. The Balaban J connectivity index is 1.96. The van der Waals surface area contributed by atoms with E-state index in [1.54, 1.807) is 24.3 Å². The van der Waals surface area contributed by atoms with E-state index in [2.05, 4.69) is 10.6 Å². The summed E-state index contributed by atoms with van der Waals surface area (Å²) >= 11 is 1.51. The van der Waals surface area contributed by atoms with Crippen LogP contribution in [0, 0.1) is 11.6 Å². The van der Waals surface area contributed by atoms with Crippen molar-refractivity contribution >= 4 is 29.3 Å². The molecule has 2 amide bonds. The third kappa shape index (κ3) is 6.90. The number of ether oxygens (including phenoxy) is 1. The van der Waals surface area contributed by atoms with Crippen LogP contribution in [0.2, 0.25) is 0 Å². The maximum absolute atomic E-state index is 13.7. The van der Waals surface area contributed by atoms with Crippen molar-refractivity contribution in [3.05, 3.63) is 60.2 Å². The van der Waals surface area contributed by atoms with Gasteiger partial charge in [-0.05, 0) is 42.7 Å². The normalized spacial score (nSPS) is 11.5. The first-order chi connectivity index (χ1) is 13.0. The van der Waals surface area contributed by atoms with Gasteiger partial charge in [-0.25, -0.2) is 8.78 Å². The van der Waals surface area contributed by atoms with Crippen molar-refractivity contribution in [1.82, 2.24) is 5.32 Å². The number of thioether (sulfide) groups is 1. The second-order valence-electron chi connectivity index (χ2n) is 5.62. The van der Waals surface area contributed by atoms with E-state index in [-0.39, 0.29) is 12.3 Å². The number of anilines is 1. The number of carbonyl (C=O) groups excluding carboxylic acids is 2. The van der Waals surface area contributed by atoms with Crippen molar-refractivity contribution in [3.63, 3.8) is 0 Å². The Labute approximate surface area is 160 Å². The van der Waals surface area contributed by atoms with E-state index in [4.69, 9.17) is 4.74 Å². The number of hydrogen-bond acceptors (Lipinski definition) is 4. The minimum Gasteiger partial charge on any atom is -0.484 e. The molecule has 2 aromatic carbocycles. The van der Waals surface area contributed by atoms with Crippen LogP contribution in [0.3, 0.4) is 0 Å². The van der Waals surface area contributed by atoms with E-state index in [0.717, 1.165) is 12.1 Å². The lowest BCUT2D eigenvalue weighted by Gasteiger charge is -2.18. The summed E-state index contributed by atoms with van der Waals surface area (Å²) in [5, 5.41) is 4.97. The summed E-state index contributed by atoms with van der Waals surface area (Å²) in [6.45, 7) is -0.252. The van der Waals surface area contributed by atoms with Crippen molar-refractivity contribution in [3.8, 4) is 5.75 Å². The Morgan fingerprint density at radius 2 is 1.89 bits per heavy atom. The van der Waals surface area contributed by atoms with Gasteiger partial charge in [0.2, 0.25) is 5.91 Å². The van der Waals surface area contributed by atoms with E-state index in [9.17, 15) is 18.4 Å². The molecule has 5 nitrogen and oxygen atoms in total. The number of benzene rings is 2. The molecule has 0 saturated heterocycles. The number of rotatable bonds is 9. The molecular weight excluding hydrogens is 374 g/mol. The van der Waals surface area contributed by atoms with Gasteiger partial charge in [0.15, 0.2) is 6.61 Å². The van der Waals surface area contributed by atoms with Crippen LogP contribution in [0.25, 0.3) is 0 Å². The third-order valence-electron chi connectivity index (χ3n) is 3.56. The zero-order chi connectivity index (χ0) is 19.6. The first-order valence-corrected chi connectivity index (χ1v) is 9.61. The van der Waals surface area contributed by atoms with Crippen molar-refractivity contribution in [2.45, 2.75) is 12.5 Å². The Morgan fingerprint density at radius 3 is 2.56 bits per heavy atom. The van der Waals surface area contributed by atoms with Gasteiger partial charge in [-0.2, -0.15) is 11.8 Å².